The Labute approximate surface area is 112 Å². The van der Waals surface area contributed by atoms with Crippen molar-refractivity contribution < 1.29 is 13.3 Å². The smallest absolute Gasteiger partial charge is 0.284 e. The van der Waals surface area contributed by atoms with Gasteiger partial charge in [-0.05, 0) is 12.1 Å². The topological polar surface area (TPSA) is 118 Å². The van der Waals surface area contributed by atoms with Crippen LogP contribution in [-0.2, 0) is 10.0 Å². The number of hydrogen-bond acceptors (Lipinski definition) is 5. The van der Waals surface area contributed by atoms with Gasteiger partial charge < -0.3 is 0 Å². The van der Waals surface area contributed by atoms with E-state index >= 15 is 0 Å². The van der Waals surface area contributed by atoms with Crippen molar-refractivity contribution in [2.45, 2.75) is 4.90 Å². The number of hydrogen-bond donors (Lipinski definition) is 2. The van der Waals surface area contributed by atoms with E-state index in [4.69, 9.17) is 11.6 Å². The van der Waals surface area contributed by atoms with Crippen LogP contribution < -0.4 is 4.72 Å². The van der Waals surface area contributed by atoms with Crippen molar-refractivity contribution >= 4 is 33.0 Å². The third kappa shape index (κ3) is 2.83. The summed E-state index contributed by atoms with van der Waals surface area (Å²) in [6, 6.07) is 3.54. The first-order chi connectivity index (χ1) is 8.90. The molecule has 0 atom stereocenters. The number of nitrogens with zero attached hydrogens (tertiary/aromatic N) is 2. The summed E-state index contributed by atoms with van der Waals surface area (Å²) in [4.78, 5) is 9.87. The second-order valence-electron chi connectivity index (χ2n) is 3.46. The Hall–Kier alpha value is -2.13. The van der Waals surface area contributed by atoms with Crippen LogP contribution in [0.5, 0.6) is 0 Å². The summed E-state index contributed by atoms with van der Waals surface area (Å²) in [6.07, 6.45) is 2.34. The highest BCUT2D eigenvalue weighted by molar-refractivity contribution is 7.92. The summed E-state index contributed by atoms with van der Waals surface area (Å²) in [6.45, 7) is 0. The zero-order valence-corrected chi connectivity index (χ0v) is 10.8. The lowest BCUT2D eigenvalue weighted by atomic mass is 10.3. The molecule has 8 nitrogen and oxygen atoms in total. The molecule has 2 aromatic rings. The van der Waals surface area contributed by atoms with Gasteiger partial charge in [0.1, 0.15) is 9.92 Å². The fraction of sp³-hybridized carbons (Fsp3) is 0. The van der Waals surface area contributed by atoms with E-state index in [9.17, 15) is 18.5 Å². The summed E-state index contributed by atoms with van der Waals surface area (Å²) in [5.74, 6) is 0. The van der Waals surface area contributed by atoms with Crippen LogP contribution in [-0.4, -0.2) is 23.5 Å². The largest absolute Gasteiger partial charge is 0.288 e. The van der Waals surface area contributed by atoms with Gasteiger partial charge in [0.15, 0.2) is 0 Å². The molecule has 0 aliphatic heterocycles. The number of nitrogens with one attached hydrogen (secondary N) is 2. The average Bonchev–Trinajstić information content (AvgIpc) is 2.81. The number of aromatic amines is 1. The Morgan fingerprint density at radius 1 is 1.42 bits per heavy atom. The van der Waals surface area contributed by atoms with E-state index in [1.54, 1.807) is 0 Å². The van der Waals surface area contributed by atoms with E-state index < -0.39 is 14.9 Å². The number of nitro groups is 1. The molecule has 0 aliphatic rings. The molecule has 0 fully saturated rings. The number of benzene rings is 1. The maximum Gasteiger partial charge on any atom is 0.288 e. The molecule has 1 aromatic heterocycles. The molecular formula is C9H7ClN4O4S. The molecule has 0 amide bonds. The van der Waals surface area contributed by atoms with Gasteiger partial charge in [0.25, 0.3) is 15.7 Å². The van der Waals surface area contributed by atoms with E-state index in [1.165, 1.54) is 12.3 Å². The molecule has 0 aliphatic carbocycles. The number of rotatable bonds is 4. The van der Waals surface area contributed by atoms with E-state index in [0.29, 0.717) is 0 Å². The van der Waals surface area contributed by atoms with Crippen LogP contribution in [0.1, 0.15) is 0 Å². The van der Waals surface area contributed by atoms with Crippen LogP contribution in [0.2, 0.25) is 5.02 Å². The average molecular weight is 303 g/mol. The van der Waals surface area contributed by atoms with Crippen LogP contribution in [0.15, 0.2) is 35.5 Å². The highest BCUT2D eigenvalue weighted by Gasteiger charge is 2.18. The maximum atomic E-state index is 11.8. The number of sulfonamides is 1. The van der Waals surface area contributed by atoms with Crippen molar-refractivity contribution in [3.63, 3.8) is 0 Å². The first-order valence-corrected chi connectivity index (χ1v) is 6.72. The summed E-state index contributed by atoms with van der Waals surface area (Å²) in [5.41, 5.74) is -0.176. The first kappa shape index (κ1) is 13.3. The van der Waals surface area contributed by atoms with Gasteiger partial charge in [-0.2, -0.15) is 5.10 Å². The third-order valence-corrected chi connectivity index (χ3v) is 3.83. The quantitative estimate of drug-likeness (QED) is 0.659. The SMILES string of the molecule is O=[N+]([O-])c1ccc(NS(=O)(=O)c2cn[nH]c2)cc1Cl. The van der Waals surface area contributed by atoms with E-state index in [1.807, 2.05) is 0 Å². The Morgan fingerprint density at radius 2 is 2.16 bits per heavy atom. The monoisotopic (exact) mass is 302 g/mol. The lowest BCUT2D eigenvalue weighted by molar-refractivity contribution is -0.384. The molecule has 1 heterocycles. The number of anilines is 1. The minimum absolute atomic E-state index is 0.0537. The van der Waals surface area contributed by atoms with Gasteiger partial charge in [-0.3, -0.25) is 19.9 Å². The predicted octanol–water partition coefficient (Wildman–Crippen LogP) is 1.77. The van der Waals surface area contributed by atoms with E-state index in [0.717, 1.165) is 18.3 Å². The fourth-order valence-electron chi connectivity index (χ4n) is 1.32. The Morgan fingerprint density at radius 3 is 2.68 bits per heavy atom. The molecule has 10 heteroatoms. The third-order valence-electron chi connectivity index (χ3n) is 2.18. The van der Waals surface area contributed by atoms with Crippen molar-refractivity contribution in [3.05, 3.63) is 45.7 Å². The van der Waals surface area contributed by atoms with Gasteiger partial charge in [-0.25, -0.2) is 8.42 Å². The zero-order valence-electron chi connectivity index (χ0n) is 9.20. The molecule has 0 saturated carbocycles. The van der Waals surface area contributed by atoms with E-state index in [2.05, 4.69) is 14.9 Å². The summed E-state index contributed by atoms with van der Waals surface area (Å²) >= 11 is 5.68. The molecule has 2 rings (SSSR count). The van der Waals surface area contributed by atoms with Gasteiger partial charge in [-0.1, -0.05) is 11.6 Å². The first-order valence-electron chi connectivity index (χ1n) is 4.86. The summed E-state index contributed by atoms with van der Waals surface area (Å²) in [7, 11) is -3.79. The van der Waals surface area contributed by atoms with Crippen LogP contribution in [0.25, 0.3) is 0 Å². The van der Waals surface area contributed by atoms with Crippen LogP contribution >= 0.6 is 11.6 Å². The molecule has 0 saturated heterocycles. The van der Waals surface area contributed by atoms with Gasteiger partial charge in [0, 0.05) is 12.3 Å². The Bertz CT molecular complexity index is 714. The maximum absolute atomic E-state index is 11.8. The van der Waals surface area contributed by atoms with Crippen molar-refractivity contribution in [2.24, 2.45) is 0 Å². The van der Waals surface area contributed by atoms with Crippen LogP contribution in [0.4, 0.5) is 11.4 Å². The standard InChI is InChI=1S/C9H7ClN4O4S/c10-8-3-6(1-2-9(8)14(15)16)13-19(17,18)7-4-11-12-5-7/h1-5,13H,(H,11,12). The zero-order chi connectivity index (χ0) is 14.0. The van der Waals surface area contributed by atoms with Gasteiger partial charge >= 0.3 is 0 Å². The van der Waals surface area contributed by atoms with Gasteiger partial charge in [-0.15, -0.1) is 0 Å². The highest BCUT2D eigenvalue weighted by Crippen LogP contribution is 2.28. The molecule has 100 valence electrons. The molecule has 19 heavy (non-hydrogen) atoms. The van der Waals surface area contributed by atoms with Crippen molar-refractivity contribution in [1.82, 2.24) is 10.2 Å². The molecule has 0 spiro atoms. The number of halogens is 1. The molecule has 0 unspecified atom stereocenters. The van der Waals surface area contributed by atoms with Crippen molar-refractivity contribution in [1.29, 1.82) is 0 Å². The van der Waals surface area contributed by atoms with E-state index in [-0.39, 0.29) is 21.3 Å². The van der Waals surface area contributed by atoms with Crippen LogP contribution in [0, 0.1) is 10.1 Å². The predicted molar refractivity (Wildman–Crippen MR) is 67.5 cm³/mol. The molecule has 1 aromatic carbocycles. The van der Waals surface area contributed by atoms with Crippen LogP contribution in [0.3, 0.4) is 0 Å². The minimum atomic E-state index is -3.79. The molecule has 2 N–H and O–H groups in total. The lowest BCUT2D eigenvalue weighted by Crippen LogP contribution is -2.12. The fourth-order valence-corrected chi connectivity index (χ4v) is 2.52. The minimum Gasteiger partial charge on any atom is -0.284 e. The summed E-state index contributed by atoms with van der Waals surface area (Å²) < 4.78 is 25.9. The normalized spacial score (nSPS) is 11.2. The second-order valence-corrected chi connectivity index (χ2v) is 5.55. The van der Waals surface area contributed by atoms with Crippen molar-refractivity contribution in [3.8, 4) is 0 Å². The molecular weight excluding hydrogens is 296 g/mol. The highest BCUT2D eigenvalue weighted by atomic mass is 35.5. The summed E-state index contributed by atoms with van der Waals surface area (Å²) in [5, 5.41) is 16.3. The number of nitro benzene ring substituents is 1. The Kier molecular flexibility index (Phi) is 3.40. The van der Waals surface area contributed by atoms with Gasteiger partial charge in [0.2, 0.25) is 0 Å². The van der Waals surface area contributed by atoms with Gasteiger partial charge in [0.05, 0.1) is 16.8 Å². The molecule has 0 radical (unpaired) electrons. The Balaban J connectivity index is 2.30. The lowest BCUT2D eigenvalue weighted by Gasteiger charge is -2.06. The van der Waals surface area contributed by atoms with Crippen molar-refractivity contribution in [2.75, 3.05) is 4.72 Å². The number of H-pyrrole nitrogens is 1. The number of aromatic nitrogens is 2. The second kappa shape index (κ2) is 4.86. The molecule has 0 bridgehead atoms.